The average Bonchev–Trinajstić information content (AvgIpc) is 3.16. The Morgan fingerprint density at radius 1 is 1.29 bits per heavy atom. The lowest BCUT2D eigenvalue weighted by atomic mass is 10.0. The molecule has 0 bridgehead atoms. The van der Waals surface area contributed by atoms with E-state index in [0.29, 0.717) is 24.4 Å². The number of carbonyl (C=O) groups is 1. The first-order chi connectivity index (χ1) is 15.1. The van der Waals surface area contributed by atoms with Gasteiger partial charge in [-0.1, -0.05) is 30.3 Å². The van der Waals surface area contributed by atoms with E-state index >= 15 is 0 Å². The summed E-state index contributed by atoms with van der Waals surface area (Å²) in [7, 11) is 1.60. The first-order valence-corrected chi connectivity index (χ1v) is 9.94. The summed E-state index contributed by atoms with van der Waals surface area (Å²) in [4.78, 5) is 21.3. The van der Waals surface area contributed by atoms with Crippen molar-refractivity contribution in [3.63, 3.8) is 0 Å². The fraction of sp³-hybridized carbons (Fsp3) is 0.217. The Bertz CT molecular complexity index is 1160. The molecule has 0 spiro atoms. The van der Waals surface area contributed by atoms with E-state index in [-0.39, 0.29) is 5.91 Å². The van der Waals surface area contributed by atoms with Crippen LogP contribution in [0.3, 0.4) is 0 Å². The van der Waals surface area contributed by atoms with E-state index in [1.165, 1.54) is 0 Å². The van der Waals surface area contributed by atoms with Crippen LogP contribution in [0.2, 0.25) is 0 Å². The Morgan fingerprint density at radius 2 is 2.10 bits per heavy atom. The number of nitrogens with zero attached hydrogens (tertiary/aromatic N) is 4. The van der Waals surface area contributed by atoms with Gasteiger partial charge in [-0.15, -0.1) is 0 Å². The number of fused-ring (bicyclic) bond motifs is 1. The van der Waals surface area contributed by atoms with Crippen LogP contribution in [-0.4, -0.2) is 40.5 Å². The Morgan fingerprint density at radius 3 is 2.81 bits per heavy atom. The predicted molar refractivity (Wildman–Crippen MR) is 120 cm³/mol. The maximum Gasteiger partial charge on any atom is 0.245 e. The van der Waals surface area contributed by atoms with Gasteiger partial charge >= 0.3 is 0 Å². The molecule has 2 aromatic carbocycles. The van der Waals surface area contributed by atoms with Crippen molar-refractivity contribution in [1.29, 1.82) is 0 Å². The Labute approximate surface area is 180 Å². The molecule has 0 fully saturated rings. The monoisotopic (exact) mass is 416 g/mol. The number of ether oxygens (including phenoxy) is 1. The molecule has 8 heteroatoms. The van der Waals surface area contributed by atoms with Crippen molar-refractivity contribution in [2.24, 2.45) is 15.9 Å². The van der Waals surface area contributed by atoms with Crippen molar-refractivity contribution < 1.29 is 9.53 Å². The molecule has 0 radical (unpaired) electrons. The van der Waals surface area contributed by atoms with Crippen molar-refractivity contribution in [3.05, 3.63) is 77.4 Å². The summed E-state index contributed by atoms with van der Waals surface area (Å²) in [6.45, 7) is 2.43. The number of amides is 1. The molecule has 8 nitrogen and oxygen atoms in total. The highest BCUT2D eigenvalue weighted by Gasteiger charge is 2.22. The minimum Gasteiger partial charge on any atom is -0.495 e. The summed E-state index contributed by atoms with van der Waals surface area (Å²) in [5, 5.41) is 6.80. The first-order valence-electron chi connectivity index (χ1n) is 9.94. The zero-order valence-corrected chi connectivity index (χ0v) is 17.4. The quantitative estimate of drug-likeness (QED) is 0.378. The number of aryl methyl sites for hydroxylation is 1. The van der Waals surface area contributed by atoms with Gasteiger partial charge in [0.05, 0.1) is 31.0 Å². The highest BCUT2D eigenvalue weighted by Crippen LogP contribution is 2.25. The second-order valence-corrected chi connectivity index (χ2v) is 7.31. The second-order valence-electron chi connectivity index (χ2n) is 7.31. The zero-order chi connectivity index (χ0) is 21.8. The molecule has 3 aromatic rings. The predicted octanol–water partition coefficient (Wildman–Crippen LogP) is 2.16. The number of hydrogen-bond donors (Lipinski definition) is 2. The van der Waals surface area contributed by atoms with Gasteiger partial charge in [0.15, 0.2) is 0 Å². The van der Waals surface area contributed by atoms with Crippen molar-refractivity contribution >= 4 is 17.8 Å². The number of aromatic nitrogens is 2. The smallest absolute Gasteiger partial charge is 0.245 e. The van der Waals surface area contributed by atoms with Crippen LogP contribution in [0.15, 0.2) is 65.1 Å². The van der Waals surface area contributed by atoms with Crippen molar-refractivity contribution in [1.82, 2.24) is 14.9 Å². The maximum absolute atomic E-state index is 12.5. The molecule has 1 unspecified atom stereocenters. The van der Waals surface area contributed by atoms with Crippen molar-refractivity contribution in [3.8, 4) is 11.4 Å². The minimum atomic E-state index is -0.546. The molecule has 31 heavy (non-hydrogen) atoms. The number of hydrazone groups is 1. The van der Waals surface area contributed by atoms with Gasteiger partial charge in [0.2, 0.25) is 5.91 Å². The van der Waals surface area contributed by atoms with E-state index in [9.17, 15) is 4.79 Å². The fourth-order valence-electron chi connectivity index (χ4n) is 3.60. The molecular weight excluding hydrogens is 392 g/mol. The summed E-state index contributed by atoms with van der Waals surface area (Å²) < 4.78 is 7.45. The molecule has 0 saturated carbocycles. The summed E-state index contributed by atoms with van der Waals surface area (Å²) >= 11 is 0. The van der Waals surface area contributed by atoms with Gasteiger partial charge in [-0.05, 0) is 30.2 Å². The van der Waals surface area contributed by atoms with Crippen LogP contribution in [0.4, 0.5) is 0 Å². The summed E-state index contributed by atoms with van der Waals surface area (Å²) in [6, 6.07) is 13.1. The number of aliphatic imine (C=N–C) groups is 1. The molecule has 2 heterocycles. The van der Waals surface area contributed by atoms with Crippen LogP contribution >= 0.6 is 0 Å². The van der Waals surface area contributed by atoms with E-state index in [4.69, 9.17) is 10.6 Å². The van der Waals surface area contributed by atoms with Gasteiger partial charge in [-0.3, -0.25) is 9.79 Å². The number of imidazole rings is 1. The molecule has 1 atom stereocenters. The van der Waals surface area contributed by atoms with Gasteiger partial charge in [-0.2, -0.15) is 5.10 Å². The molecule has 0 saturated heterocycles. The third-order valence-corrected chi connectivity index (χ3v) is 5.27. The topological polar surface area (TPSA) is 107 Å². The van der Waals surface area contributed by atoms with Crippen LogP contribution in [0, 0.1) is 6.92 Å². The molecule has 1 aliphatic rings. The molecule has 1 aliphatic heterocycles. The average molecular weight is 416 g/mol. The SMILES string of the molecule is COc1cc(/C(C=NC2Cc3ccccc3CNC2=O)=N/N)ccc1-n1cnc(C)c1. The summed E-state index contributed by atoms with van der Waals surface area (Å²) in [5.74, 6) is 6.17. The van der Waals surface area contributed by atoms with Crippen molar-refractivity contribution in [2.75, 3.05) is 7.11 Å². The number of nitrogens with two attached hydrogens (primary N) is 1. The fourth-order valence-corrected chi connectivity index (χ4v) is 3.60. The molecule has 1 aromatic heterocycles. The lowest BCUT2D eigenvalue weighted by Gasteiger charge is -2.12. The lowest BCUT2D eigenvalue weighted by molar-refractivity contribution is -0.122. The third kappa shape index (κ3) is 4.32. The minimum absolute atomic E-state index is 0.118. The Kier molecular flexibility index (Phi) is 5.79. The standard InChI is InChI=1S/C23H24N6O2/c1-15-13-29(14-27-15)21-8-7-17(10-22(21)31-2)20(28-24)12-25-19-9-16-5-3-4-6-18(16)11-26-23(19)30/h3-8,10,12-14,19H,9,11,24H2,1-2H3,(H,26,30)/b25-12?,28-20+. The molecule has 3 N–H and O–H groups in total. The van der Waals surface area contributed by atoms with E-state index in [2.05, 4.69) is 20.4 Å². The van der Waals surface area contributed by atoms with E-state index in [1.807, 2.05) is 60.2 Å². The van der Waals surface area contributed by atoms with Crippen LogP contribution in [0.25, 0.3) is 5.69 Å². The molecule has 158 valence electrons. The van der Waals surface area contributed by atoms with Crippen LogP contribution in [-0.2, 0) is 17.8 Å². The van der Waals surface area contributed by atoms with Gasteiger partial charge in [-0.25, -0.2) is 4.98 Å². The normalized spacial score (nSPS) is 16.6. The van der Waals surface area contributed by atoms with Gasteiger partial charge in [0, 0.05) is 24.7 Å². The van der Waals surface area contributed by atoms with Crippen LogP contribution in [0.1, 0.15) is 22.4 Å². The second kappa shape index (κ2) is 8.83. The van der Waals surface area contributed by atoms with Crippen LogP contribution in [0.5, 0.6) is 5.75 Å². The number of hydrogen-bond acceptors (Lipinski definition) is 6. The van der Waals surface area contributed by atoms with Gasteiger partial charge < -0.3 is 20.5 Å². The largest absolute Gasteiger partial charge is 0.495 e. The first kappa shape index (κ1) is 20.3. The number of nitrogens with one attached hydrogen (secondary N) is 1. The Hall–Kier alpha value is -3.94. The van der Waals surface area contributed by atoms with Gasteiger partial charge in [0.25, 0.3) is 0 Å². The highest BCUT2D eigenvalue weighted by atomic mass is 16.5. The number of carbonyl (C=O) groups excluding carboxylic acids is 1. The lowest BCUT2D eigenvalue weighted by Crippen LogP contribution is -2.32. The number of benzene rings is 2. The molecular formula is C23H24N6O2. The highest BCUT2D eigenvalue weighted by molar-refractivity contribution is 6.38. The number of rotatable bonds is 5. The van der Waals surface area contributed by atoms with Gasteiger partial charge in [0.1, 0.15) is 17.5 Å². The van der Waals surface area contributed by atoms with E-state index in [0.717, 1.165) is 28.1 Å². The molecule has 1 amide bonds. The third-order valence-electron chi connectivity index (χ3n) is 5.27. The summed E-state index contributed by atoms with van der Waals surface area (Å²) in [6.07, 6.45) is 5.72. The van der Waals surface area contributed by atoms with E-state index < -0.39 is 6.04 Å². The molecule has 0 aliphatic carbocycles. The zero-order valence-electron chi connectivity index (χ0n) is 17.4. The van der Waals surface area contributed by atoms with E-state index in [1.54, 1.807) is 19.7 Å². The van der Waals surface area contributed by atoms with Crippen LogP contribution < -0.4 is 15.9 Å². The number of methoxy groups -OCH3 is 1. The molecule has 4 rings (SSSR count). The van der Waals surface area contributed by atoms with Crippen molar-refractivity contribution in [2.45, 2.75) is 25.9 Å². The maximum atomic E-state index is 12.5. The Balaban J connectivity index is 1.59. The summed E-state index contributed by atoms with van der Waals surface area (Å²) in [5.41, 5.74) is 5.16.